The molecule has 0 aliphatic carbocycles. The molecule has 6 nitrogen and oxygen atoms in total. The Morgan fingerprint density at radius 1 is 0.297 bits per heavy atom. The summed E-state index contributed by atoms with van der Waals surface area (Å²) in [6.07, 6.45) is 86.9. The number of esters is 3. The molecule has 0 N–H and O–H groups in total. The maximum absolute atomic E-state index is 12.9. The summed E-state index contributed by atoms with van der Waals surface area (Å²) in [4.78, 5) is 38.3. The van der Waals surface area contributed by atoms with E-state index in [1.165, 1.54) is 83.5 Å². The van der Waals surface area contributed by atoms with Gasteiger partial charge >= 0.3 is 17.9 Å². The SMILES string of the molecule is CC\C=C/C=C\C=C/C=C\C=C\C=C/C=C\CCCCCC(=O)OCC(COC(=O)CCCCCCC/C=C\CCCCCCCCCCC)OC(=O)CCCCCCCC/C=C\C/C=C\C/C=C\C/C=C\CC. The van der Waals surface area contributed by atoms with Crippen LogP contribution in [0.3, 0.4) is 0 Å². The predicted octanol–water partition coefficient (Wildman–Crippen LogP) is 20.4. The molecule has 0 aliphatic rings. The fourth-order valence-corrected chi connectivity index (χ4v) is 7.82. The monoisotopic (exact) mass is 1020 g/mol. The molecule has 0 spiro atoms. The minimum absolute atomic E-state index is 0.109. The quantitative estimate of drug-likeness (QED) is 0.0199. The molecule has 0 aromatic carbocycles. The van der Waals surface area contributed by atoms with Crippen molar-refractivity contribution in [2.75, 3.05) is 13.2 Å². The zero-order chi connectivity index (χ0) is 53.6. The summed E-state index contributed by atoms with van der Waals surface area (Å²) in [6.45, 7) is 6.32. The molecule has 0 fully saturated rings. The molecule has 0 aromatic rings. The van der Waals surface area contributed by atoms with Gasteiger partial charge in [0.05, 0.1) is 0 Å². The first-order valence-corrected chi connectivity index (χ1v) is 29.9. The third kappa shape index (κ3) is 58.2. The van der Waals surface area contributed by atoms with Crippen molar-refractivity contribution in [3.05, 3.63) is 146 Å². The lowest BCUT2D eigenvalue weighted by Gasteiger charge is -2.18. The van der Waals surface area contributed by atoms with Crippen molar-refractivity contribution in [3.63, 3.8) is 0 Å². The van der Waals surface area contributed by atoms with Crippen LogP contribution in [0.2, 0.25) is 0 Å². The smallest absolute Gasteiger partial charge is 0.306 e. The molecule has 1 unspecified atom stereocenters. The Hall–Kier alpha value is -4.71. The number of hydrogen-bond acceptors (Lipinski definition) is 6. The minimum atomic E-state index is -0.816. The molecule has 0 saturated heterocycles. The topological polar surface area (TPSA) is 78.9 Å². The minimum Gasteiger partial charge on any atom is -0.462 e. The normalized spacial score (nSPS) is 13.2. The Morgan fingerprint density at radius 2 is 0.595 bits per heavy atom. The molecule has 0 aromatic heterocycles. The van der Waals surface area contributed by atoms with Gasteiger partial charge < -0.3 is 14.2 Å². The number of allylic oxidation sites excluding steroid dienone is 24. The van der Waals surface area contributed by atoms with E-state index in [0.717, 1.165) is 122 Å². The highest BCUT2D eigenvalue weighted by atomic mass is 16.6. The van der Waals surface area contributed by atoms with Crippen molar-refractivity contribution in [2.24, 2.45) is 0 Å². The maximum Gasteiger partial charge on any atom is 0.306 e. The van der Waals surface area contributed by atoms with E-state index in [-0.39, 0.29) is 31.1 Å². The molecule has 1 atom stereocenters. The van der Waals surface area contributed by atoms with Gasteiger partial charge in [-0.25, -0.2) is 0 Å². The van der Waals surface area contributed by atoms with Crippen LogP contribution >= 0.6 is 0 Å². The van der Waals surface area contributed by atoms with Gasteiger partial charge in [0, 0.05) is 19.3 Å². The van der Waals surface area contributed by atoms with Crippen LogP contribution < -0.4 is 0 Å². The molecule has 0 radical (unpaired) electrons. The average Bonchev–Trinajstić information content (AvgIpc) is 3.40. The van der Waals surface area contributed by atoms with Gasteiger partial charge in [-0.3, -0.25) is 14.4 Å². The number of ether oxygens (including phenoxy) is 3. The van der Waals surface area contributed by atoms with E-state index in [1.807, 2.05) is 72.9 Å². The number of unbranched alkanes of at least 4 members (excludes halogenated alkanes) is 23. The molecule has 0 heterocycles. The number of rotatable bonds is 52. The van der Waals surface area contributed by atoms with Crippen LogP contribution in [-0.2, 0) is 28.6 Å². The third-order valence-corrected chi connectivity index (χ3v) is 12.3. The molecule has 0 aliphatic heterocycles. The first-order chi connectivity index (χ1) is 36.5. The van der Waals surface area contributed by atoms with Gasteiger partial charge in [-0.2, -0.15) is 0 Å². The number of carbonyl (C=O) groups is 3. The summed E-state index contributed by atoms with van der Waals surface area (Å²) in [5.74, 6) is -0.980. The zero-order valence-electron chi connectivity index (χ0n) is 47.5. The Labute approximate surface area is 455 Å². The Kier molecular flexibility index (Phi) is 57.0. The largest absolute Gasteiger partial charge is 0.462 e. The van der Waals surface area contributed by atoms with Gasteiger partial charge in [-0.15, -0.1) is 0 Å². The van der Waals surface area contributed by atoms with Crippen LogP contribution in [0.15, 0.2) is 146 Å². The molecule has 74 heavy (non-hydrogen) atoms. The van der Waals surface area contributed by atoms with Gasteiger partial charge in [0.25, 0.3) is 0 Å². The second-order valence-electron chi connectivity index (χ2n) is 19.3. The van der Waals surface area contributed by atoms with E-state index in [0.29, 0.717) is 19.3 Å². The summed E-state index contributed by atoms with van der Waals surface area (Å²) in [5, 5.41) is 0. The van der Waals surface area contributed by atoms with Crippen LogP contribution in [-0.4, -0.2) is 37.2 Å². The lowest BCUT2D eigenvalue weighted by atomic mass is 10.1. The van der Waals surface area contributed by atoms with Crippen molar-refractivity contribution < 1.29 is 28.6 Å². The van der Waals surface area contributed by atoms with Crippen molar-refractivity contribution in [3.8, 4) is 0 Å². The Morgan fingerprint density at radius 3 is 1.01 bits per heavy atom. The second kappa shape index (κ2) is 60.8. The average molecular weight is 1020 g/mol. The Balaban J connectivity index is 4.55. The van der Waals surface area contributed by atoms with Gasteiger partial charge in [0.15, 0.2) is 6.10 Å². The number of hydrogen-bond donors (Lipinski definition) is 0. The van der Waals surface area contributed by atoms with E-state index in [9.17, 15) is 14.4 Å². The molecule has 0 amide bonds. The molecular weight excluding hydrogens is 913 g/mol. The molecular formula is C68H108O6. The van der Waals surface area contributed by atoms with E-state index in [2.05, 4.69) is 93.7 Å². The van der Waals surface area contributed by atoms with Crippen molar-refractivity contribution in [1.29, 1.82) is 0 Å². The molecule has 0 bridgehead atoms. The lowest BCUT2D eigenvalue weighted by molar-refractivity contribution is -0.167. The third-order valence-electron chi connectivity index (χ3n) is 12.3. The maximum atomic E-state index is 12.9. The van der Waals surface area contributed by atoms with E-state index >= 15 is 0 Å². The highest BCUT2D eigenvalue weighted by Gasteiger charge is 2.19. The van der Waals surface area contributed by atoms with Crippen LogP contribution in [0.4, 0.5) is 0 Å². The molecule has 6 heteroatoms. The fourth-order valence-electron chi connectivity index (χ4n) is 7.82. The summed E-state index contributed by atoms with van der Waals surface area (Å²) in [7, 11) is 0. The van der Waals surface area contributed by atoms with Crippen LogP contribution in [0.25, 0.3) is 0 Å². The summed E-state index contributed by atoms with van der Waals surface area (Å²) < 4.78 is 16.8. The van der Waals surface area contributed by atoms with E-state index < -0.39 is 6.10 Å². The second-order valence-corrected chi connectivity index (χ2v) is 19.3. The van der Waals surface area contributed by atoms with Gasteiger partial charge in [0.1, 0.15) is 13.2 Å². The summed E-state index contributed by atoms with van der Waals surface area (Å²) >= 11 is 0. The first-order valence-electron chi connectivity index (χ1n) is 29.9. The van der Waals surface area contributed by atoms with Crippen LogP contribution in [0.1, 0.15) is 245 Å². The van der Waals surface area contributed by atoms with Gasteiger partial charge in [-0.05, 0) is 103 Å². The first kappa shape index (κ1) is 69.3. The summed E-state index contributed by atoms with van der Waals surface area (Å²) in [6, 6.07) is 0. The van der Waals surface area contributed by atoms with Crippen molar-refractivity contribution in [2.45, 2.75) is 252 Å². The standard InChI is InChI=1S/C68H108O6/c1-4-7-10-13-16-19-22-25-28-31-34-37-40-43-46-49-52-55-58-61-67(70)73-64-65(63-72-66(69)60-57-54-51-48-45-42-39-36-33-30-27-24-21-18-15-12-9-6-3)74-68(71)62-59-56-53-50-47-44-41-38-35-32-29-26-23-20-17-14-11-8-5-2/h7-8,10-11,13,16-17,19-20,22,25-26,28-29,31,34-40,43,46,65H,4-6,9,12,14-15,18,21,23-24,27,30,32-33,41-42,44-45,47-64H2,1-3H3/b10-7-,11-8-,16-13-,20-17-,22-19-,28-25-,29-26-,34-31+,38-35-,39-36-,40-37-,46-43-. The highest BCUT2D eigenvalue weighted by Crippen LogP contribution is 2.14. The molecule has 416 valence electrons. The van der Waals surface area contributed by atoms with E-state index in [1.54, 1.807) is 0 Å². The number of carbonyl (C=O) groups excluding carboxylic acids is 3. The summed E-state index contributed by atoms with van der Waals surface area (Å²) in [5.41, 5.74) is 0. The predicted molar refractivity (Wildman–Crippen MR) is 320 cm³/mol. The Bertz CT molecular complexity index is 1640. The van der Waals surface area contributed by atoms with Crippen molar-refractivity contribution >= 4 is 17.9 Å². The highest BCUT2D eigenvalue weighted by molar-refractivity contribution is 5.71. The molecule has 0 saturated carbocycles. The van der Waals surface area contributed by atoms with E-state index in [4.69, 9.17) is 14.2 Å². The van der Waals surface area contributed by atoms with Crippen LogP contribution in [0, 0.1) is 0 Å². The fraction of sp³-hybridized carbons (Fsp3) is 0.603. The van der Waals surface area contributed by atoms with Gasteiger partial charge in [0.2, 0.25) is 0 Å². The van der Waals surface area contributed by atoms with Crippen molar-refractivity contribution in [1.82, 2.24) is 0 Å². The molecule has 0 rings (SSSR count). The van der Waals surface area contributed by atoms with Gasteiger partial charge in [-0.1, -0.05) is 269 Å². The zero-order valence-corrected chi connectivity index (χ0v) is 47.5. The lowest BCUT2D eigenvalue weighted by Crippen LogP contribution is -2.30. The van der Waals surface area contributed by atoms with Crippen LogP contribution in [0.5, 0.6) is 0 Å².